The van der Waals surface area contributed by atoms with Gasteiger partial charge in [-0.05, 0) is 31.0 Å². The molecule has 8 nitrogen and oxygen atoms in total. The van der Waals surface area contributed by atoms with E-state index in [-0.39, 0.29) is 23.0 Å². The Hall–Kier alpha value is -2.20. The van der Waals surface area contributed by atoms with Gasteiger partial charge in [-0.25, -0.2) is 9.69 Å². The van der Waals surface area contributed by atoms with Gasteiger partial charge in [-0.3, -0.25) is 14.4 Å². The number of ketones is 1. The zero-order valence-electron chi connectivity index (χ0n) is 16.0. The molecule has 28 heavy (non-hydrogen) atoms. The number of hydrogen-bond acceptors (Lipinski definition) is 8. The Morgan fingerprint density at radius 1 is 1.43 bits per heavy atom. The normalized spacial score (nSPS) is 26.9. The highest BCUT2D eigenvalue weighted by Crippen LogP contribution is 2.42. The maximum atomic E-state index is 13.7. The van der Waals surface area contributed by atoms with Gasteiger partial charge in [0.1, 0.15) is 6.67 Å². The second-order valence-corrected chi connectivity index (χ2v) is 9.27. The number of fused-ring (bicyclic) bond motifs is 1. The Kier molecular flexibility index (Phi) is 4.58. The fourth-order valence-corrected chi connectivity index (χ4v) is 4.85. The number of pyridine rings is 1. The van der Waals surface area contributed by atoms with E-state index in [1.807, 2.05) is 13.8 Å². The molecular formula is C19H22N4O4S. The molecule has 9 heteroatoms. The smallest absolute Gasteiger partial charge is 0.344 e. The minimum atomic E-state index is -0.951. The summed E-state index contributed by atoms with van der Waals surface area (Å²) in [6.07, 6.45) is 3.12. The van der Waals surface area contributed by atoms with Crippen LogP contribution in [0.1, 0.15) is 46.0 Å². The molecule has 0 bridgehead atoms. The summed E-state index contributed by atoms with van der Waals surface area (Å²) in [7, 11) is 1.80. The number of carbonyl (C=O) groups excluding carboxylic acids is 2. The molecule has 1 aliphatic carbocycles. The number of nitrogens with zero attached hydrogens (tertiary/aromatic N) is 4. The van der Waals surface area contributed by atoms with Gasteiger partial charge in [0.2, 0.25) is 0 Å². The van der Waals surface area contributed by atoms with Crippen molar-refractivity contribution in [3.63, 3.8) is 0 Å². The molecule has 4 rings (SSSR count). The van der Waals surface area contributed by atoms with Crippen LogP contribution in [-0.2, 0) is 11.2 Å². The van der Waals surface area contributed by atoms with Gasteiger partial charge in [-0.15, -0.1) is 0 Å². The molecule has 1 fully saturated rings. The van der Waals surface area contributed by atoms with E-state index < -0.39 is 16.8 Å². The molecule has 148 valence electrons. The molecule has 0 radical (unpaired) electrons. The average molecular weight is 402 g/mol. The molecule has 2 atom stereocenters. The Morgan fingerprint density at radius 2 is 2.21 bits per heavy atom. The van der Waals surface area contributed by atoms with E-state index in [2.05, 4.69) is 9.97 Å². The first-order valence-electron chi connectivity index (χ1n) is 9.10. The molecule has 2 aromatic rings. The monoisotopic (exact) mass is 402 g/mol. The molecule has 3 heterocycles. The predicted octanol–water partition coefficient (Wildman–Crippen LogP) is 2.58. The van der Waals surface area contributed by atoms with Crippen molar-refractivity contribution in [1.82, 2.24) is 19.5 Å². The van der Waals surface area contributed by atoms with E-state index in [0.717, 1.165) is 11.3 Å². The summed E-state index contributed by atoms with van der Waals surface area (Å²) in [5.74, 6) is -0.566. The number of rotatable bonds is 3. The van der Waals surface area contributed by atoms with Gasteiger partial charge in [-0.1, -0.05) is 25.2 Å². The fourth-order valence-electron chi connectivity index (χ4n) is 3.76. The summed E-state index contributed by atoms with van der Waals surface area (Å²) in [6, 6.07) is 3.23. The van der Waals surface area contributed by atoms with Gasteiger partial charge in [0, 0.05) is 18.8 Å². The van der Waals surface area contributed by atoms with Crippen LogP contribution in [0.5, 0.6) is 0 Å². The van der Waals surface area contributed by atoms with Gasteiger partial charge in [0.25, 0.3) is 11.4 Å². The van der Waals surface area contributed by atoms with Crippen LogP contribution in [0.2, 0.25) is 0 Å². The zero-order valence-corrected chi connectivity index (χ0v) is 16.9. The quantitative estimate of drug-likeness (QED) is 0.442. The van der Waals surface area contributed by atoms with Crippen molar-refractivity contribution in [3.8, 4) is 0 Å². The summed E-state index contributed by atoms with van der Waals surface area (Å²) < 4.78 is 4.66. The Labute approximate surface area is 166 Å². The molecular weight excluding hydrogens is 380 g/mol. The number of aromatic nitrogens is 2. The van der Waals surface area contributed by atoms with Crippen molar-refractivity contribution in [2.24, 2.45) is 5.41 Å². The first-order chi connectivity index (χ1) is 13.2. The van der Waals surface area contributed by atoms with E-state index in [1.165, 1.54) is 6.20 Å². The molecule has 0 saturated carbocycles. The zero-order chi connectivity index (χ0) is 20.1. The van der Waals surface area contributed by atoms with Crippen molar-refractivity contribution in [2.45, 2.75) is 32.9 Å². The van der Waals surface area contributed by atoms with Crippen LogP contribution in [0.15, 0.2) is 24.5 Å². The third-order valence-electron chi connectivity index (χ3n) is 5.07. The number of esters is 1. The summed E-state index contributed by atoms with van der Waals surface area (Å²) in [5, 5.41) is 14.0. The number of carbonyl (C=O) groups is 2. The van der Waals surface area contributed by atoms with Gasteiger partial charge < -0.3 is 9.94 Å². The molecule has 0 spiro atoms. The summed E-state index contributed by atoms with van der Waals surface area (Å²) in [6.45, 7) is 4.45. The van der Waals surface area contributed by atoms with Crippen LogP contribution < -0.4 is 4.65 Å². The lowest BCUT2D eigenvalue weighted by Gasteiger charge is -2.38. The minimum absolute atomic E-state index is 0.0260. The number of likely N-dealkylation sites (N-methyl/N-ethyl adjacent to an activating group) is 1. The van der Waals surface area contributed by atoms with E-state index in [0.29, 0.717) is 35.5 Å². The van der Waals surface area contributed by atoms with Gasteiger partial charge in [0.15, 0.2) is 5.78 Å². The van der Waals surface area contributed by atoms with Crippen LogP contribution >= 0.6 is 11.3 Å². The van der Waals surface area contributed by atoms with E-state index in [4.69, 9.17) is 4.74 Å². The number of quaternary nitrogens is 1. The lowest BCUT2D eigenvalue weighted by molar-refractivity contribution is 0.00563. The largest absolute Gasteiger partial charge is 0.622 e. The molecule has 1 saturated heterocycles. The lowest BCUT2D eigenvalue weighted by Crippen LogP contribution is -2.50. The molecule has 1 aliphatic heterocycles. The molecule has 0 N–H and O–H groups in total. The average Bonchev–Trinajstić information content (AvgIpc) is 3.16. The Balaban J connectivity index is 1.64. The van der Waals surface area contributed by atoms with Gasteiger partial charge in [-0.2, -0.15) is 4.98 Å². The highest BCUT2D eigenvalue weighted by Gasteiger charge is 2.46. The minimum Gasteiger partial charge on any atom is -0.622 e. The van der Waals surface area contributed by atoms with E-state index in [9.17, 15) is 14.8 Å². The third kappa shape index (κ3) is 3.35. The Bertz CT molecular complexity index is 929. The van der Waals surface area contributed by atoms with Crippen LogP contribution in [-0.4, -0.2) is 53.1 Å². The first-order valence-corrected chi connectivity index (χ1v) is 9.91. The van der Waals surface area contributed by atoms with Crippen LogP contribution in [0, 0.1) is 10.6 Å². The Morgan fingerprint density at radius 3 is 2.93 bits per heavy atom. The summed E-state index contributed by atoms with van der Waals surface area (Å²) in [4.78, 5) is 35.8. The van der Waals surface area contributed by atoms with Crippen LogP contribution in [0.3, 0.4) is 0 Å². The molecule has 0 aromatic carbocycles. The van der Waals surface area contributed by atoms with Crippen molar-refractivity contribution < 1.29 is 14.3 Å². The van der Waals surface area contributed by atoms with Gasteiger partial charge >= 0.3 is 5.97 Å². The summed E-state index contributed by atoms with van der Waals surface area (Å²) >= 11 is 1.14. The van der Waals surface area contributed by atoms with Crippen molar-refractivity contribution in [3.05, 3.63) is 45.9 Å². The predicted molar refractivity (Wildman–Crippen MR) is 105 cm³/mol. The van der Waals surface area contributed by atoms with Crippen molar-refractivity contribution >= 4 is 28.2 Å². The third-order valence-corrected chi connectivity index (χ3v) is 6.32. The second kappa shape index (κ2) is 6.70. The molecule has 0 amide bonds. The highest BCUT2D eigenvalue weighted by atomic mass is 32.1. The number of Topliss-reactive ketones (excluding diaryl/α,β-unsaturated/α-hetero) is 1. The summed E-state index contributed by atoms with van der Waals surface area (Å²) in [5.41, 5.74) is 0.803. The second-order valence-electron chi connectivity index (χ2n) is 8.29. The van der Waals surface area contributed by atoms with E-state index >= 15 is 0 Å². The van der Waals surface area contributed by atoms with Crippen LogP contribution in [0.25, 0.3) is 0 Å². The topological polar surface area (TPSA) is 95.4 Å². The standard InChI is InChI=1S/C19H22N4O4S/c1-19(2)7-13-16(14(24)8-19)28-18(21-13)23(26)11-22(3)10-15(23)27-17(25)12-5-4-6-20-9-12/h4-6,9,15H,7-8,10-11H2,1-3H3. The highest BCUT2D eigenvalue weighted by molar-refractivity contribution is 7.17. The number of hydroxylamine groups is 2. The SMILES string of the molecule is CN1CC(OC(=O)c2cccnc2)[N+]([O-])(c2nc3c(s2)C(=O)CC(C)(C)C3)C1. The van der Waals surface area contributed by atoms with Gasteiger partial charge in [0.05, 0.1) is 22.7 Å². The maximum Gasteiger partial charge on any atom is 0.344 e. The van der Waals surface area contributed by atoms with Crippen molar-refractivity contribution in [1.29, 1.82) is 0 Å². The number of hydrogen-bond donors (Lipinski definition) is 0. The first kappa shape index (κ1) is 19.1. The van der Waals surface area contributed by atoms with Crippen LogP contribution in [0.4, 0.5) is 5.13 Å². The number of thiazole rings is 1. The molecule has 2 aliphatic rings. The fraction of sp³-hybridized carbons (Fsp3) is 0.474. The number of ether oxygens (including phenoxy) is 1. The molecule has 2 unspecified atom stereocenters. The molecule has 2 aromatic heterocycles. The maximum absolute atomic E-state index is 13.7. The van der Waals surface area contributed by atoms with E-state index in [1.54, 1.807) is 30.3 Å². The lowest BCUT2D eigenvalue weighted by atomic mass is 9.78. The van der Waals surface area contributed by atoms with Crippen molar-refractivity contribution in [2.75, 3.05) is 20.3 Å².